The number of carbonyl (C=O) groups is 2. The summed E-state index contributed by atoms with van der Waals surface area (Å²) in [4.78, 5) is 24.3. The summed E-state index contributed by atoms with van der Waals surface area (Å²) in [5, 5.41) is 2.67. The highest BCUT2D eigenvalue weighted by Crippen LogP contribution is 2.51. The number of nitrogens with one attached hydrogen (secondary N) is 1. The van der Waals surface area contributed by atoms with E-state index in [2.05, 4.69) is 5.32 Å². The lowest BCUT2D eigenvalue weighted by Crippen LogP contribution is -2.45. The second-order valence-electron chi connectivity index (χ2n) is 6.42. The maximum Gasteiger partial charge on any atom is 0.335 e. The number of carbonyl (C=O) groups excluding carboxylic acids is 2. The molecular weight excluding hydrogens is 391 g/mol. The minimum Gasteiger partial charge on any atom is -0.368 e. The predicted octanol–water partition coefficient (Wildman–Crippen LogP) is 3.28. The SMILES string of the molecule is CCOP(=O)(Cc1ccc(C(=O)N[C@H](Cc2ccccc2)C(N)=O)cc1)OCC. The Morgan fingerprint density at radius 3 is 2.07 bits per heavy atom. The van der Waals surface area contributed by atoms with Gasteiger partial charge in [-0.2, -0.15) is 0 Å². The van der Waals surface area contributed by atoms with Crippen LogP contribution in [0.2, 0.25) is 0 Å². The average Bonchev–Trinajstić information content (AvgIpc) is 2.69. The molecule has 0 aliphatic rings. The first-order valence-electron chi connectivity index (χ1n) is 9.48. The molecule has 0 heterocycles. The molecule has 0 spiro atoms. The Hall–Kier alpha value is -2.47. The van der Waals surface area contributed by atoms with Crippen molar-refractivity contribution in [3.63, 3.8) is 0 Å². The fourth-order valence-electron chi connectivity index (χ4n) is 2.82. The van der Waals surface area contributed by atoms with Gasteiger partial charge >= 0.3 is 7.60 Å². The molecular formula is C21H27N2O5P. The predicted molar refractivity (Wildman–Crippen MR) is 112 cm³/mol. The van der Waals surface area contributed by atoms with E-state index in [-0.39, 0.29) is 19.4 Å². The van der Waals surface area contributed by atoms with Crippen LogP contribution in [-0.2, 0) is 31.0 Å². The van der Waals surface area contributed by atoms with E-state index in [1.54, 1.807) is 38.1 Å². The highest BCUT2D eigenvalue weighted by atomic mass is 31.2. The molecule has 3 N–H and O–H groups in total. The molecule has 0 fully saturated rings. The molecule has 8 heteroatoms. The van der Waals surface area contributed by atoms with Crippen molar-refractivity contribution in [3.05, 3.63) is 71.3 Å². The van der Waals surface area contributed by atoms with Crippen molar-refractivity contribution < 1.29 is 23.2 Å². The van der Waals surface area contributed by atoms with E-state index in [4.69, 9.17) is 14.8 Å². The Morgan fingerprint density at radius 1 is 0.966 bits per heavy atom. The quantitative estimate of drug-likeness (QED) is 0.545. The molecule has 0 bridgehead atoms. The van der Waals surface area contributed by atoms with Crippen molar-refractivity contribution in [1.82, 2.24) is 5.32 Å². The minimum absolute atomic E-state index is 0.120. The van der Waals surface area contributed by atoms with Crippen LogP contribution in [0.25, 0.3) is 0 Å². The van der Waals surface area contributed by atoms with Crippen LogP contribution in [0.1, 0.15) is 35.3 Å². The first kappa shape index (κ1) is 22.8. The molecule has 0 radical (unpaired) electrons. The third-order valence-electron chi connectivity index (χ3n) is 4.18. The molecule has 0 saturated heterocycles. The zero-order chi connectivity index (χ0) is 21.3. The summed E-state index contributed by atoms with van der Waals surface area (Å²) in [6.07, 6.45) is 0.431. The number of nitrogens with two attached hydrogens (primary N) is 1. The van der Waals surface area contributed by atoms with Gasteiger partial charge in [0.25, 0.3) is 5.91 Å². The van der Waals surface area contributed by atoms with Gasteiger partial charge in [0.15, 0.2) is 0 Å². The number of benzene rings is 2. The van der Waals surface area contributed by atoms with Gasteiger partial charge in [0.2, 0.25) is 5.91 Å². The van der Waals surface area contributed by atoms with E-state index in [1.807, 2.05) is 30.3 Å². The highest BCUT2D eigenvalue weighted by molar-refractivity contribution is 7.53. The maximum absolute atomic E-state index is 12.6. The van der Waals surface area contributed by atoms with Gasteiger partial charge in [-0.25, -0.2) is 0 Å². The molecule has 2 aromatic rings. The Bertz CT molecular complexity index is 845. The molecule has 156 valence electrons. The zero-order valence-corrected chi connectivity index (χ0v) is 17.6. The molecule has 7 nitrogen and oxygen atoms in total. The zero-order valence-electron chi connectivity index (χ0n) is 16.7. The molecule has 29 heavy (non-hydrogen) atoms. The van der Waals surface area contributed by atoms with Crippen LogP contribution in [0.4, 0.5) is 0 Å². The summed E-state index contributed by atoms with van der Waals surface area (Å²) in [6, 6.07) is 15.1. The van der Waals surface area contributed by atoms with Gasteiger partial charge in [-0.15, -0.1) is 0 Å². The van der Waals surface area contributed by atoms with Crippen LogP contribution >= 0.6 is 7.60 Å². The van der Waals surface area contributed by atoms with Crippen molar-refractivity contribution >= 4 is 19.4 Å². The second kappa shape index (κ2) is 10.9. The summed E-state index contributed by atoms with van der Waals surface area (Å²) in [5.41, 5.74) is 7.44. The van der Waals surface area contributed by atoms with Crippen LogP contribution in [0.5, 0.6) is 0 Å². The molecule has 0 aliphatic heterocycles. The Balaban J connectivity index is 2.05. The Labute approximate surface area is 171 Å². The molecule has 2 amide bonds. The number of hydrogen-bond donors (Lipinski definition) is 2. The third-order valence-corrected chi connectivity index (χ3v) is 6.23. The molecule has 1 atom stereocenters. The summed E-state index contributed by atoms with van der Waals surface area (Å²) in [7, 11) is -3.22. The fourth-order valence-corrected chi connectivity index (χ4v) is 4.52. The van der Waals surface area contributed by atoms with Crippen LogP contribution in [0, 0.1) is 0 Å². The van der Waals surface area contributed by atoms with Crippen molar-refractivity contribution in [3.8, 4) is 0 Å². The highest BCUT2D eigenvalue weighted by Gasteiger charge is 2.24. The average molecular weight is 418 g/mol. The van der Waals surface area contributed by atoms with Crippen LogP contribution in [-0.4, -0.2) is 31.1 Å². The van der Waals surface area contributed by atoms with E-state index in [9.17, 15) is 14.2 Å². The lowest BCUT2D eigenvalue weighted by atomic mass is 10.0. The standard InChI is InChI=1S/C21H27N2O5P/c1-3-27-29(26,28-4-2)15-17-10-12-18(13-11-17)21(25)23-19(20(22)24)14-16-8-6-5-7-9-16/h5-13,19H,3-4,14-15H2,1-2H3,(H2,22,24)(H,23,25)/t19-/m1/s1. The first-order valence-corrected chi connectivity index (χ1v) is 11.2. The smallest absolute Gasteiger partial charge is 0.335 e. The largest absolute Gasteiger partial charge is 0.368 e. The molecule has 0 saturated carbocycles. The van der Waals surface area contributed by atoms with Crippen molar-refractivity contribution in [2.75, 3.05) is 13.2 Å². The number of primary amides is 1. The monoisotopic (exact) mass is 418 g/mol. The first-order chi connectivity index (χ1) is 13.9. The van der Waals surface area contributed by atoms with Crippen LogP contribution in [0.15, 0.2) is 54.6 Å². The van der Waals surface area contributed by atoms with E-state index in [0.29, 0.717) is 12.0 Å². The lowest BCUT2D eigenvalue weighted by Gasteiger charge is -2.17. The maximum atomic E-state index is 12.6. The van der Waals surface area contributed by atoms with Gasteiger partial charge in [0.1, 0.15) is 6.04 Å². The van der Waals surface area contributed by atoms with Gasteiger partial charge in [-0.1, -0.05) is 42.5 Å². The summed E-state index contributed by atoms with van der Waals surface area (Å²) >= 11 is 0. The number of amides is 2. The molecule has 2 aromatic carbocycles. The topological polar surface area (TPSA) is 108 Å². The van der Waals surface area contributed by atoms with E-state index in [1.165, 1.54) is 0 Å². The fraction of sp³-hybridized carbons (Fsp3) is 0.333. The summed E-state index contributed by atoms with van der Waals surface area (Å²) < 4.78 is 23.2. The Kier molecular flexibility index (Phi) is 8.58. The third kappa shape index (κ3) is 7.13. The van der Waals surface area contributed by atoms with Crippen LogP contribution in [0.3, 0.4) is 0 Å². The second-order valence-corrected chi connectivity index (χ2v) is 8.47. The van der Waals surface area contributed by atoms with Gasteiger partial charge < -0.3 is 20.1 Å². The molecule has 0 unspecified atom stereocenters. The van der Waals surface area contributed by atoms with Gasteiger partial charge in [-0.05, 0) is 37.1 Å². The van der Waals surface area contributed by atoms with Crippen molar-refractivity contribution in [1.29, 1.82) is 0 Å². The molecule has 0 aliphatic carbocycles. The van der Waals surface area contributed by atoms with Gasteiger partial charge in [0.05, 0.1) is 19.4 Å². The lowest BCUT2D eigenvalue weighted by molar-refractivity contribution is -0.119. The van der Waals surface area contributed by atoms with E-state index >= 15 is 0 Å². The Morgan fingerprint density at radius 2 is 1.55 bits per heavy atom. The molecule has 0 aromatic heterocycles. The van der Waals surface area contributed by atoms with E-state index in [0.717, 1.165) is 11.1 Å². The summed E-state index contributed by atoms with van der Waals surface area (Å²) in [5.74, 6) is -1.01. The van der Waals surface area contributed by atoms with Crippen molar-refractivity contribution in [2.45, 2.75) is 32.5 Å². The normalized spacial score (nSPS) is 12.3. The van der Waals surface area contributed by atoms with Crippen molar-refractivity contribution in [2.24, 2.45) is 5.73 Å². The van der Waals surface area contributed by atoms with Gasteiger partial charge in [-0.3, -0.25) is 14.2 Å². The molecule has 2 rings (SSSR count). The summed E-state index contributed by atoms with van der Waals surface area (Å²) in [6.45, 7) is 4.08. The minimum atomic E-state index is -3.22. The number of hydrogen-bond acceptors (Lipinski definition) is 5. The van der Waals surface area contributed by atoms with E-state index < -0.39 is 25.5 Å². The number of rotatable bonds is 11. The van der Waals surface area contributed by atoms with Gasteiger partial charge in [0, 0.05) is 12.0 Å². The van der Waals surface area contributed by atoms with Crippen LogP contribution < -0.4 is 11.1 Å².